The van der Waals surface area contributed by atoms with E-state index in [1.165, 1.54) is 24.3 Å². The van der Waals surface area contributed by atoms with Gasteiger partial charge in [-0.05, 0) is 43.3 Å². The molecule has 0 saturated heterocycles. The van der Waals surface area contributed by atoms with Gasteiger partial charge in [0, 0.05) is 5.56 Å². The number of carbonyl (C=O) groups is 1. The van der Waals surface area contributed by atoms with Crippen molar-refractivity contribution >= 4 is 27.6 Å². The van der Waals surface area contributed by atoms with Gasteiger partial charge in [0.15, 0.2) is 0 Å². The van der Waals surface area contributed by atoms with E-state index in [4.69, 9.17) is 4.42 Å². The van der Waals surface area contributed by atoms with Gasteiger partial charge in [-0.1, -0.05) is 53.1 Å². The molecule has 8 nitrogen and oxygen atoms in total. The highest BCUT2D eigenvalue weighted by atomic mass is 32.2. The van der Waals surface area contributed by atoms with Crippen LogP contribution in [0.25, 0.3) is 11.5 Å². The number of hydrogen-bond acceptors (Lipinski definition) is 6. The fraction of sp³-hybridized carbons (Fsp3) is 0.0455. The first-order chi connectivity index (χ1) is 14.9. The van der Waals surface area contributed by atoms with Crippen molar-refractivity contribution in [3.63, 3.8) is 0 Å². The van der Waals surface area contributed by atoms with E-state index >= 15 is 0 Å². The Hall–Kier alpha value is -3.98. The summed E-state index contributed by atoms with van der Waals surface area (Å²) in [7, 11) is -3.87. The zero-order chi connectivity index (χ0) is 21.8. The van der Waals surface area contributed by atoms with Crippen LogP contribution in [0.4, 0.5) is 11.7 Å². The van der Waals surface area contributed by atoms with Gasteiger partial charge >= 0.3 is 6.01 Å². The minimum Gasteiger partial charge on any atom is -0.403 e. The molecule has 0 spiro atoms. The topological polar surface area (TPSA) is 114 Å². The molecule has 0 unspecified atom stereocenters. The lowest BCUT2D eigenvalue weighted by Gasteiger charge is -2.12. The Bertz CT molecular complexity index is 1320. The standard InChI is InChI=1S/C22H18N4O4S/c1-15-11-13-17(14-12-15)31(28,29)26-19-10-6-5-9-18(19)20(27)23-22-25-24-21(30-22)16-7-3-2-4-8-16/h2-14,26H,1H3,(H,23,25,27). The third-order valence-corrected chi connectivity index (χ3v) is 5.79. The predicted molar refractivity (Wildman–Crippen MR) is 116 cm³/mol. The van der Waals surface area contributed by atoms with Gasteiger partial charge in [0.25, 0.3) is 15.9 Å². The molecule has 4 aromatic rings. The van der Waals surface area contributed by atoms with Gasteiger partial charge in [0.05, 0.1) is 16.1 Å². The Morgan fingerprint density at radius 2 is 1.55 bits per heavy atom. The van der Waals surface area contributed by atoms with Crippen LogP contribution in [0.15, 0.2) is 88.2 Å². The molecule has 1 aromatic heterocycles. The Morgan fingerprint density at radius 3 is 2.29 bits per heavy atom. The van der Waals surface area contributed by atoms with Crippen LogP contribution in [0.2, 0.25) is 0 Å². The van der Waals surface area contributed by atoms with Crippen LogP contribution >= 0.6 is 0 Å². The van der Waals surface area contributed by atoms with Crippen LogP contribution < -0.4 is 10.0 Å². The van der Waals surface area contributed by atoms with Crippen LogP contribution in [-0.2, 0) is 10.0 Å². The van der Waals surface area contributed by atoms with E-state index in [1.54, 1.807) is 36.4 Å². The van der Waals surface area contributed by atoms with Crippen LogP contribution in [-0.4, -0.2) is 24.5 Å². The second kappa shape index (κ2) is 8.41. The number of carbonyl (C=O) groups excluding carboxylic acids is 1. The highest BCUT2D eigenvalue weighted by molar-refractivity contribution is 7.92. The summed E-state index contributed by atoms with van der Waals surface area (Å²) < 4.78 is 33.4. The first-order valence-corrected chi connectivity index (χ1v) is 10.8. The number of aryl methyl sites for hydroxylation is 1. The molecule has 0 bridgehead atoms. The summed E-state index contributed by atoms with van der Waals surface area (Å²) in [6.45, 7) is 1.87. The number of nitrogens with one attached hydrogen (secondary N) is 2. The maximum absolute atomic E-state index is 12.8. The number of benzene rings is 3. The average molecular weight is 434 g/mol. The summed E-state index contributed by atoms with van der Waals surface area (Å²) in [4.78, 5) is 12.9. The first kappa shape index (κ1) is 20.3. The van der Waals surface area contributed by atoms with Gasteiger partial charge in [-0.3, -0.25) is 14.8 Å². The second-order valence-electron chi connectivity index (χ2n) is 6.70. The Kier molecular flexibility index (Phi) is 5.50. The second-order valence-corrected chi connectivity index (χ2v) is 8.38. The lowest BCUT2D eigenvalue weighted by Crippen LogP contribution is -2.18. The monoisotopic (exact) mass is 434 g/mol. The molecule has 0 aliphatic rings. The molecule has 1 amide bonds. The van der Waals surface area contributed by atoms with E-state index in [2.05, 4.69) is 20.2 Å². The molecule has 4 rings (SSSR count). The number of hydrogen-bond donors (Lipinski definition) is 2. The van der Waals surface area contributed by atoms with E-state index in [1.807, 2.05) is 25.1 Å². The summed E-state index contributed by atoms with van der Waals surface area (Å²) in [5.74, 6) is -0.338. The summed E-state index contributed by atoms with van der Waals surface area (Å²) in [6.07, 6.45) is 0. The molecule has 0 radical (unpaired) electrons. The number of sulfonamides is 1. The number of rotatable bonds is 6. The molecule has 0 atom stereocenters. The number of nitrogens with zero attached hydrogens (tertiary/aromatic N) is 2. The molecule has 9 heteroatoms. The molecule has 0 aliphatic heterocycles. The predicted octanol–water partition coefficient (Wildman–Crippen LogP) is 4.10. The summed E-state index contributed by atoms with van der Waals surface area (Å²) in [6, 6.07) is 21.7. The number of amides is 1. The van der Waals surface area contributed by atoms with Gasteiger partial charge in [-0.25, -0.2) is 8.42 Å². The van der Waals surface area contributed by atoms with Gasteiger partial charge in [0.1, 0.15) is 0 Å². The van der Waals surface area contributed by atoms with Crippen LogP contribution in [0, 0.1) is 6.92 Å². The van der Waals surface area contributed by atoms with E-state index in [-0.39, 0.29) is 28.1 Å². The zero-order valence-electron chi connectivity index (χ0n) is 16.4. The molecule has 0 aliphatic carbocycles. The number of para-hydroxylation sites is 1. The Morgan fingerprint density at radius 1 is 0.871 bits per heavy atom. The molecule has 156 valence electrons. The molecular formula is C22H18N4O4S. The first-order valence-electron chi connectivity index (χ1n) is 9.31. The third-order valence-electron chi connectivity index (χ3n) is 4.41. The number of anilines is 2. The largest absolute Gasteiger partial charge is 0.403 e. The van der Waals surface area contributed by atoms with E-state index in [0.717, 1.165) is 5.56 Å². The van der Waals surface area contributed by atoms with Gasteiger partial charge in [-0.15, -0.1) is 5.10 Å². The average Bonchev–Trinajstić information content (AvgIpc) is 3.23. The number of aromatic nitrogens is 2. The summed E-state index contributed by atoms with van der Waals surface area (Å²) in [5.41, 5.74) is 1.89. The minimum atomic E-state index is -3.87. The lowest BCUT2D eigenvalue weighted by atomic mass is 10.2. The van der Waals surface area contributed by atoms with E-state index < -0.39 is 15.9 Å². The van der Waals surface area contributed by atoms with Crippen LogP contribution in [0.5, 0.6) is 0 Å². The smallest absolute Gasteiger partial charge is 0.322 e. The summed E-state index contributed by atoms with van der Waals surface area (Å²) in [5, 5.41) is 10.3. The van der Waals surface area contributed by atoms with Gasteiger partial charge in [-0.2, -0.15) is 0 Å². The molecule has 0 saturated carbocycles. The highest BCUT2D eigenvalue weighted by Gasteiger charge is 2.20. The van der Waals surface area contributed by atoms with Crippen molar-refractivity contribution in [2.45, 2.75) is 11.8 Å². The Labute approximate surface area is 179 Å². The molecule has 1 heterocycles. The molecule has 31 heavy (non-hydrogen) atoms. The van der Waals surface area contributed by atoms with E-state index in [9.17, 15) is 13.2 Å². The van der Waals surface area contributed by atoms with Gasteiger partial charge in [0.2, 0.25) is 5.89 Å². The van der Waals surface area contributed by atoms with Crippen molar-refractivity contribution in [2.75, 3.05) is 10.0 Å². The highest BCUT2D eigenvalue weighted by Crippen LogP contribution is 2.23. The molecule has 3 aromatic carbocycles. The molecular weight excluding hydrogens is 416 g/mol. The third kappa shape index (κ3) is 4.62. The fourth-order valence-electron chi connectivity index (χ4n) is 2.83. The SMILES string of the molecule is Cc1ccc(S(=O)(=O)Nc2ccccc2C(=O)Nc2nnc(-c3ccccc3)o2)cc1. The molecule has 2 N–H and O–H groups in total. The quantitative estimate of drug-likeness (QED) is 0.472. The van der Waals surface area contributed by atoms with Crippen molar-refractivity contribution in [1.29, 1.82) is 0 Å². The van der Waals surface area contributed by atoms with Crippen molar-refractivity contribution in [1.82, 2.24) is 10.2 Å². The molecule has 0 fully saturated rings. The van der Waals surface area contributed by atoms with E-state index in [0.29, 0.717) is 5.56 Å². The fourth-order valence-corrected chi connectivity index (χ4v) is 3.91. The zero-order valence-corrected chi connectivity index (χ0v) is 17.3. The van der Waals surface area contributed by atoms with Crippen LogP contribution in [0.3, 0.4) is 0 Å². The Balaban J connectivity index is 1.55. The van der Waals surface area contributed by atoms with Crippen LogP contribution in [0.1, 0.15) is 15.9 Å². The normalized spacial score (nSPS) is 11.1. The maximum atomic E-state index is 12.8. The van der Waals surface area contributed by atoms with Crippen molar-refractivity contribution in [2.24, 2.45) is 0 Å². The van der Waals surface area contributed by atoms with Gasteiger partial charge < -0.3 is 4.42 Å². The summed E-state index contributed by atoms with van der Waals surface area (Å²) >= 11 is 0. The van der Waals surface area contributed by atoms with Crippen molar-refractivity contribution < 1.29 is 17.6 Å². The maximum Gasteiger partial charge on any atom is 0.322 e. The van der Waals surface area contributed by atoms with Crippen molar-refractivity contribution in [3.8, 4) is 11.5 Å². The minimum absolute atomic E-state index is 0.0951. The lowest BCUT2D eigenvalue weighted by molar-refractivity contribution is 0.102. The van der Waals surface area contributed by atoms with Crippen molar-refractivity contribution in [3.05, 3.63) is 90.0 Å².